The van der Waals surface area contributed by atoms with E-state index in [1.165, 1.54) is 0 Å². The number of ether oxygens (including phenoxy) is 2. The number of phenolic OH excluding ortho intramolecular Hbond substituents is 1. The maximum atomic E-state index is 10.0. The summed E-state index contributed by atoms with van der Waals surface area (Å²) in [6.45, 7) is 4.42. The van der Waals surface area contributed by atoms with Crippen molar-refractivity contribution in [2.24, 2.45) is 0 Å². The van der Waals surface area contributed by atoms with E-state index in [-0.39, 0.29) is 0 Å². The third kappa shape index (κ3) is 4.02. The maximum absolute atomic E-state index is 10.0. The molecule has 0 radical (unpaired) electrons. The Bertz CT molecular complexity index is 731. The Morgan fingerprint density at radius 1 is 1.00 bits per heavy atom. The first-order valence-electron chi connectivity index (χ1n) is 8.28. The highest BCUT2D eigenvalue weighted by Gasteiger charge is 2.20. The number of anilines is 1. The highest BCUT2D eigenvalue weighted by molar-refractivity contribution is 9.10. The summed E-state index contributed by atoms with van der Waals surface area (Å²) in [7, 11) is 3.36. The average molecular weight is 407 g/mol. The molecule has 0 atom stereocenters. The summed E-state index contributed by atoms with van der Waals surface area (Å²) in [4.78, 5) is 4.62. The van der Waals surface area contributed by atoms with Gasteiger partial charge in [0.25, 0.3) is 0 Å². The van der Waals surface area contributed by atoms with Crippen LogP contribution in [0.1, 0.15) is 5.56 Å². The number of nitrogens with zero attached hydrogens (tertiary/aromatic N) is 2. The lowest BCUT2D eigenvalue weighted by atomic mass is 10.1. The smallest absolute Gasteiger partial charge is 0.138 e. The number of piperazine rings is 1. The first-order chi connectivity index (χ1) is 12.1. The van der Waals surface area contributed by atoms with Gasteiger partial charge >= 0.3 is 0 Å². The van der Waals surface area contributed by atoms with E-state index in [0.717, 1.165) is 59.9 Å². The van der Waals surface area contributed by atoms with E-state index in [0.29, 0.717) is 5.75 Å². The number of aromatic hydroxyl groups is 1. The van der Waals surface area contributed by atoms with E-state index < -0.39 is 0 Å². The Balaban J connectivity index is 1.67. The number of halogens is 1. The first kappa shape index (κ1) is 17.9. The normalized spacial score (nSPS) is 15.2. The van der Waals surface area contributed by atoms with Crippen molar-refractivity contribution in [3.05, 3.63) is 46.4 Å². The van der Waals surface area contributed by atoms with Crippen molar-refractivity contribution >= 4 is 21.6 Å². The Morgan fingerprint density at radius 2 is 1.68 bits per heavy atom. The van der Waals surface area contributed by atoms with Gasteiger partial charge in [-0.15, -0.1) is 0 Å². The fraction of sp³-hybridized carbons (Fsp3) is 0.368. The molecular weight excluding hydrogens is 384 g/mol. The first-order valence-corrected chi connectivity index (χ1v) is 9.07. The van der Waals surface area contributed by atoms with E-state index in [1.54, 1.807) is 20.3 Å². The molecule has 0 saturated carbocycles. The minimum atomic E-state index is 0.343. The van der Waals surface area contributed by atoms with Crippen molar-refractivity contribution in [3.8, 4) is 17.2 Å². The van der Waals surface area contributed by atoms with Gasteiger partial charge in [-0.3, -0.25) is 4.90 Å². The molecule has 0 aromatic heterocycles. The topological polar surface area (TPSA) is 45.2 Å². The summed E-state index contributed by atoms with van der Waals surface area (Å²) in [5.74, 6) is 2.01. The molecule has 0 unspecified atom stereocenters. The summed E-state index contributed by atoms with van der Waals surface area (Å²) in [5, 5.41) is 10.0. The minimum absolute atomic E-state index is 0.343. The van der Waals surface area contributed by atoms with Crippen molar-refractivity contribution in [1.82, 2.24) is 4.90 Å². The lowest BCUT2D eigenvalue weighted by molar-refractivity contribution is 0.245. The molecule has 3 rings (SSSR count). The summed E-state index contributed by atoms with van der Waals surface area (Å²) in [6.07, 6.45) is 0. The second-order valence-corrected chi connectivity index (χ2v) is 6.90. The molecule has 25 heavy (non-hydrogen) atoms. The van der Waals surface area contributed by atoms with Crippen LogP contribution in [0.3, 0.4) is 0 Å². The fourth-order valence-electron chi connectivity index (χ4n) is 3.17. The quantitative estimate of drug-likeness (QED) is 0.822. The van der Waals surface area contributed by atoms with Crippen molar-refractivity contribution in [3.63, 3.8) is 0 Å². The number of methoxy groups -OCH3 is 2. The molecule has 5 nitrogen and oxygen atoms in total. The Kier molecular flexibility index (Phi) is 5.71. The Morgan fingerprint density at radius 3 is 2.32 bits per heavy atom. The SMILES string of the molecule is COc1cc(CN2CCN(c3ccccc3O)CC2)c(OC)cc1Br. The van der Waals surface area contributed by atoms with Gasteiger partial charge in [-0.05, 0) is 40.2 Å². The zero-order valence-electron chi connectivity index (χ0n) is 14.5. The largest absolute Gasteiger partial charge is 0.506 e. The number of benzene rings is 2. The predicted octanol–water partition coefficient (Wildman–Crippen LogP) is 3.49. The summed E-state index contributed by atoms with van der Waals surface area (Å²) >= 11 is 3.50. The third-order valence-electron chi connectivity index (χ3n) is 4.54. The van der Waals surface area contributed by atoms with Gasteiger partial charge in [0, 0.05) is 38.3 Å². The monoisotopic (exact) mass is 406 g/mol. The average Bonchev–Trinajstić information content (AvgIpc) is 2.64. The van der Waals surface area contributed by atoms with E-state index >= 15 is 0 Å². The van der Waals surface area contributed by atoms with E-state index in [2.05, 4.69) is 25.7 Å². The van der Waals surface area contributed by atoms with E-state index in [4.69, 9.17) is 9.47 Å². The zero-order chi connectivity index (χ0) is 17.8. The summed E-state index contributed by atoms with van der Waals surface area (Å²) < 4.78 is 11.8. The molecule has 6 heteroatoms. The summed E-state index contributed by atoms with van der Waals surface area (Å²) in [6, 6.07) is 11.5. The Labute approximate surface area is 156 Å². The molecule has 134 valence electrons. The second-order valence-electron chi connectivity index (χ2n) is 6.05. The van der Waals surface area contributed by atoms with Crippen LogP contribution in [0.25, 0.3) is 0 Å². The van der Waals surface area contributed by atoms with Gasteiger partial charge in [0.05, 0.1) is 24.4 Å². The van der Waals surface area contributed by atoms with Crippen LogP contribution in [-0.4, -0.2) is 50.4 Å². The zero-order valence-corrected chi connectivity index (χ0v) is 16.1. The third-order valence-corrected chi connectivity index (χ3v) is 5.16. The van der Waals surface area contributed by atoms with Crippen molar-refractivity contribution in [2.75, 3.05) is 45.3 Å². The lowest BCUT2D eigenvalue weighted by Crippen LogP contribution is -2.46. The summed E-state index contributed by atoms with van der Waals surface area (Å²) in [5.41, 5.74) is 2.02. The Hall–Kier alpha value is -1.92. The highest BCUT2D eigenvalue weighted by Crippen LogP contribution is 2.34. The van der Waals surface area contributed by atoms with Crippen LogP contribution < -0.4 is 14.4 Å². The fourth-order valence-corrected chi connectivity index (χ4v) is 3.65. The number of rotatable bonds is 5. The van der Waals surface area contributed by atoms with Gasteiger partial charge in [0.1, 0.15) is 17.2 Å². The van der Waals surface area contributed by atoms with Crippen molar-refractivity contribution in [1.29, 1.82) is 0 Å². The number of phenols is 1. The van der Waals surface area contributed by atoms with Crippen LogP contribution in [0, 0.1) is 0 Å². The standard InChI is InChI=1S/C19H23BrN2O3/c1-24-18-12-15(20)19(25-2)11-14(18)13-21-7-9-22(10-8-21)16-5-3-4-6-17(16)23/h3-6,11-12,23H,7-10,13H2,1-2H3. The molecule has 1 saturated heterocycles. The molecule has 1 fully saturated rings. The van der Waals surface area contributed by atoms with Crippen LogP contribution in [0.5, 0.6) is 17.2 Å². The molecule has 1 aliphatic rings. The van der Waals surface area contributed by atoms with Gasteiger partial charge in [-0.1, -0.05) is 12.1 Å². The lowest BCUT2D eigenvalue weighted by Gasteiger charge is -2.36. The second kappa shape index (κ2) is 7.97. The molecule has 0 bridgehead atoms. The van der Waals surface area contributed by atoms with Gasteiger partial charge in [0.15, 0.2) is 0 Å². The molecule has 1 heterocycles. The molecule has 0 spiro atoms. The molecule has 1 aliphatic heterocycles. The minimum Gasteiger partial charge on any atom is -0.506 e. The van der Waals surface area contributed by atoms with Crippen LogP contribution in [-0.2, 0) is 6.54 Å². The van der Waals surface area contributed by atoms with Crippen molar-refractivity contribution < 1.29 is 14.6 Å². The van der Waals surface area contributed by atoms with E-state index in [1.807, 2.05) is 30.3 Å². The number of hydrogen-bond donors (Lipinski definition) is 1. The van der Waals surface area contributed by atoms with Gasteiger partial charge < -0.3 is 19.5 Å². The molecular formula is C19H23BrN2O3. The highest BCUT2D eigenvalue weighted by atomic mass is 79.9. The van der Waals surface area contributed by atoms with Crippen molar-refractivity contribution in [2.45, 2.75) is 6.54 Å². The van der Waals surface area contributed by atoms with Gasteiger partial charge in [-0.2, -0.15) is 0 Å². The molecule has 1 N–H and O–H groups in total. The predicted molar refractivity (Wildman–Crippen MR) is 103 cm³/mol. The molecule has 2 aromatic carbocycles. The van der Waals surface area contributed by atoms with Crippen LogP contribution in [0.15, 0.2) is 40.9 Å². The van der Waals surface area contributed by atoms with Crippen LogP contribution in [0.2, 0.25) is 0 Å². The molecule has 0 aliphatic carbocycles. The molecule has 0 amide bonds. The number of hydrogen-bond acceptors (Lipinski definition) is 5. The van der Waals surface area contributed by atoms with Crippen LogP contribution >= 0.6 is 15.9 Å². The number of para-hydroxylation sites is 2. The molecule has 2 aromatic rings. The van der Waals surface area contributed by atoms with Crippen LogP contribution in [0.4, 0.5) is 5.69 Å². The van der Waals surface area contributed by atoms with Gasteiger partial charge in [-0.25, -0.2) is 0 Å². The van der Waals surface area contributed by atoms with E-state index in [9.17, 15) is 5.11 Å². The van der Waals surface area contributed by atoms with Gasteiger partial charge in [0.2, 0.25) is 0 Å². The maximum Gasteiger partial charge on any atom is 0.138 e.